The second kappa shape index (κ2) is 4.51. The molecule has 1 amide bonds. The monoisotopic (exact) mass is 258 g/mol. The molecule has 0 unspecified atom stereocenters. The Bertz CT molecular complexity index is 485. The second-order valence-corrected chi connectivity index (χ2v) is 4.17. The van der Waals surface area contributed by atoms with Gasteiger partial charge in [-0.1, -0.05) is 0 Å². The molecule has 98 valence electrons. The van der Waals surface area contributed by atoms with Gasteiger partial charge in [-0.15, -0.1) is 0 Å². The number of halogens is 2. The molecule has 0 saturated carbocycles. The minimum Gasteiger partial charge on any atom is -0.396 e. The van der Waals surface area contributed by atoms with Crippen LogP contribution in [-0.4, -0.2) is 46.3 Å². The molecule has 2 atom stereocenters. The molecule has 1 aliphatic heterocycles. The number of likely N-dealkylation sites (tertiary alicyclic amines) is 1. The first kappa shape index (κ1) is 12.7. The summed E-state index contributed by atoms with van der Waals surface area (Å²) in [6.45, 7) is -0.346. The summed E-state index contributed by atoms with van der Waals surface area (Å²) in [6, 6.07) is 1.92. The Morgan fingerprint density at radius 3 is 2.39 bits per heavy atom. The number of aliphatic hydroxyl groups excluding tert-OH is 2. The number of benzene rings is 1. The van der Waals surface area contributed by atoms with E-state index in [0.717, 1.165) is 17.0 Å². The van der Waals surface area contributed by atoms with E-state index in [0.29, 0.717) is 0 Å². The number of carbonyl (C=O) groups excluding carboxylic acids is 1. The SMILES string of the molecule is Nc1ccc(F)c(C(=O)N2C[C@@H](O)[C@@H](O)C2)c1F. The number of rotatable bonds is 1. The fourth-order valence-corrected chi connectivity index (χ4v) is 1.86. The van der Waals surface area contributed by atoms with Crippen LogP contribution >= 0.6 is 0 Å². The molecule has 1 aliphatic rings. The van der Waals surface area contributed by atoms with Gasteiger partial charge in [-0.05, 0) is 12.1 Å². The third-order valence-electron chi connectivity index (χ3n) is 2.88. The number of nitrogens with zero attached hydrogens (tertiary/aromatic N) is 1. The van der Waals surface area contributed by atoms with E-state index in [-0.39, 0.29) is 18.8 Å². The van der Waals surface area contributed by atoms with Gasteiger partial charge in [0.2, 0.25) is 0 Å². The predicted molar refractivity (Wildman–Crippen MR) is 58.7 cm³/mol. The molecule has 18 heavy (non-hydrogen) atoms. The van der Waals surface area contributed by atoms with Crippen LogP contribution in [0.15, 0.2) is 12.1 Å². The van der Waals surface area contributed by atoms with E-state index in [9.17, 15) is 23.8 Å². The zero-order valence-electron chi connectivity index (χ0n) is 9.31. The number of β-amino-alcohol motifs (C(OH)–C–C–N with tert-alkyl or cyclic N) is 2. The van der Waals surface area contributed by atoms with Gasteiger partial charge in [-0.25, -0.2) is 8.78 Å². The maximum Gasteiger partial charge on any atom is 0.260 e. The third-order valence-corrected chi connectivity index (χ3v) is 2.88. The summed E-state index contributed by atoms with van der Waals surface area (Å²) in [4.78, 5) is 12.9. The normalized spacial score (nSPS) is 23.4. The summed E-state index contributed by atoms with van der Waals surface area (Å²) < 4.78 is 27.1. The van der Waals surface area contributed by atoms with Crippen molar-refractivity contribution in [3.63, 3.8) is 0 Å². The molecule has 4 N–H and O–H groups in total. The van der Waals surface area contributed by atoms with Crippen LogP contribution in [0.1, 0.15) is 10.4 Å². The number of nitrogens with two attached hydrogens (primary N) is 1. The summed E-state index contributed by atoms with van der Waals surface area (Å²) in [5, 5.41) is 18.6. The highest BCUT2D eigenvalue weighted by Crippen LogP contribution is 2.22. The lowest BCUT2D eigenvalue weighted by Gasteiger charge is -2.16. The Balaban J connectivity index is 2.33. The van der Waals surface area contributed by atoms with Crippen molar-refractivity contribution < 1.29 is 23.8 Å². The fraction of sp³-hybridized carbons (Fsp3) is 0.364. The molecule has 0 radical (unpaired) electrons. The van der Waals surface area contributed by atoms with Gasteiger partial charge in [0.25, 0.3) is 5.91 Å². The lowest BCUT2D eigenvalue weighted by Crippen LogP contribution is -2.31. The minimum atomic E-state index is -1.13. The molecule has 0 aliphatic carbocycles. The van der Waals surface area contributed by atoms with Crippen molar-refractivity contribution in [1.29, 1.82) is 0 Å². The van der Waals surface area contributed by atoms with Crippen LogP contribution in [0.2, 0.25) is 0 Å². The van der Waals surface area contributed by atoms with Crippen molar-refractivity contribution in [3.8, 4) is 0 Å². The highest BCUT2D eigenvalue weighted by atomic mass is 19.1. The molecular weight excluding hydrogens is 246 g/mol. The molecule has 0 spiro atoms. The summed E-state index contributed by atoms with van der Waals surface area (Å²) in [5.74, 6) is -3.09. The zero-order chi connectivity index (χ0) is 13.4. The van der Waals surface area contributed by atoms with Crippen LogP contribution in [0.4, 0.5) is 14.5 Å². The van der Waals surface area contributed by atoms with Gasteiger partial charge in [-0.3, -0.25) is 4.79 Å². The summed E-state index contributed by atoms with van der Waals surface area (Å²) in [5.41, 5.74) is 4.17. The van der Waals surface area contributed by atoms with E-state index in [1.165, 1.54) is 0 Å². The Kier molecular flexibility index (Phi) is 3.18. The number of aliphatic hydroxyl groups is 2. The lowest BCUT2D eigenvalue weighted by molar-refractivity contribution is 0.0572. The second-order valence-electron chi connectivity index (χ2n) is 4.17. The van der Waals surface area contributed by atoms with Crippen LogP contribution in [0, 0.1) is 11.6 Å². The molecule has 1 fully saturated rings. The summed E-state index contributed by atoms with van der Waals surface area (Å²) in [6.07, 6.45) is -2.22. The van der Waals surface area contributed by atoms with Crippen molar-refractivity contribution in [2.75, 3.05) is 18.8 Å². The maximum atomic E-state index is 13.6. The predicted octanol–water partition coefficient (Wildman–Crippen LogP) is -0.275. The van der Waals surface area contributed by atoms with Crippen molar-refractivity contribution >= 4 is 11.6 Å². The van der Waals surface area contributed by atoms with Gasteiger partial charge >= 0.3 is 0 Å². The zero-order valence-corrected chi connectivity index (χ0v) is 9.31. The average Bonchev–Trinajstić information content (AvgIpc) is 2.65. The molecule has 5 nitrogen and oxygen atoms in total. The molecule has 0 aromatic heterocycles. The number of nitrogen functional groups attached to an aromatic ring is 1. The van der Waals surface area contributed by atoms with Gasteiger partial charge in [0.1, 0.15) is 11.4 Å². The molecule has 7 heteroatoms. The van der Waals surface area contributed by atoms with Gasteiger partial charge in [0, 0.05) is 13.1 Å². The van der Waals surface area contributed by atoms with Gasteiger partial charge < -0.3 is 20.8 Å². The smallest absolute Gasteiger partial charge is 0.260 e. The first-order valence-corrected chi connectivity index (χ1v) is 5.30. The quantitative estimate of drug-likeness (QED) is 0.605. The van der Waals surface area contributed by atoms with Crippen LogP contribution in [0.3, 0.4) is 0 Å². The van der Waals surface area contributed by atoms with Crippen molar-refractivity contribution in [2.45, 2.75) is 12.2 Å². The molecular formula is C11H12F2N2O3. The number of hydrogen-bond acceptors (Lipinski definition) is 4. The number of hydrogen-bond donors (Lipinski definition) is 3. The molecule has 1 heterocycles. The number of carbonyl (C=O) groups is 1. The molecule has 1 saturated heterocycles. The lowest BCUT2D eigenvalue weighted by atomic mass is 10.1. The van der Waals surface area contributed by atoms with Crippen molar-refractivity contribution in [1.82, 2.24) is 4.90 Å². The van der Waals surface area contributed by atoms with Crippen LogP contribution in [-0.2, 0) is 0 Å². The van der Waals surface area contributed by atoms with E-state index in [4.69, 9.17) is 5.73 Å². The standard InChI is InChI=1S/C11H12F2N2O3/c12-5-1-2-6(14)10(13)9(5)11(18)15-3-7(16)8(17)4-15/h1-2,7-8,16-17H,3-4,14H2/t7-,8+. The van der Waals surface area contributed by atoms with Crippen LogP contribution in [0.25, 0.3) is 0 Å². The summed E-state index contributed by atoms with van der Waals surface area (Å²) >= 11 is 0. The van der Waals surface area contributed by atoms with E-state index < -0.39 is 35.3 Å². The maximum absolute atomic E-state index is 13.6. The molecule has 2 rings (SSSR count). The molecule has 0 bridgehead atoms. The van der Waals surface area contributed by atoms with Crippen LogP contribution in [0.5, 0.6) is 0 Å². The summed E-state index contributed by atoms with van der Waals surface area (Å²) in [7, 11) is 0. The first-order chi connectivity index (χ1) is 8.41. The largest absolute Gasteiger partial charge is 0.396 e. The first-order valence-electron chi connectivity index (χ1n) is 5.30. The Morgan fingerprint density at radius 2 is 1.83 bits per heavy atom. The number of amides is 1. The van der Waals surface area contributed by atoms with Gasteiger partial charge in [0.05, 0.1) is 17.9 Å². The highest BCUT2D eigenvalue weighted by Gasteiger charge is 2.35. The molecule has 1 aromatic rings. The van der Waals surface area contributed by atoms with Gasteiger partial charge in [0.15, 0.2) is 5.82 Å². The van der Waals surface area contributed by atoms with E-state index in [1.54, 1.807) is 0 Å². The third kappa shape index (κ3) is 2.02. The Hall–Kier alpha value is -1.73. The minimum absolute atomic E-state index is 0.173. The van der Waals surface area contributed by atoms with Crippen molar-refractivity contribution in [3.05, 3.63) is 29.3 Å². The molecule has 1 aromatic carbocycles. The van der Waals surface area contributed by atoms with E-state index in [1.807, 2.05) is 0 Å². The average molecular weight is 258 g/mol. The fourth-order valence-electron chi connectivity index (χ4n) is 1.86. The number of anilines is 1. The Labute approximate surface area is 101 Å². The van der Waals surface area contributed by atoms with Crippen molar-refractivity contribution in [2.24, 2.45) is 0 Å². The highest BCUT2D eigenvalue weighted by molar-refractivity contribution is 5.96. The van der Waals surface area contributed by atoms with E-state index >= 15 is 0 Å². The Morgan fingerprint density at radius 1 is 1.28 bits per heavy atom. The van der Waals surface area contributed by atoms with Gasteiger partial charge in [-0.2, -0.15) is 0 Å². The van der Waals surface area contributed by atoms with Crippen LogP contribution < -0.4 is 5.73 Å². The topological polar surface area (TPSA) is 86.8 Å². The van der Waals surface area contributed by atoms with E-state index in [2.05, 4.69) is 0 Å².